The van der Waals surface area contributed by atoms with Gasteiger partial charge < -0.3 is 10.6 Å². The molecule has 0 radical (unpaired) electrons. The Hall–Kier alpha value is -1.64. The van der Waals surface area contributed by atoms with E-state index in [2.05, 4.69) is 4.72 Å². The molecule has 1 aliphatic heterocycles. The molecule has 1 aromatic carbocycles. The minimum Gasteiger partial charge on any atom is -0.369 e. The standard InChI is InChI=1S/C15H20ClN3O4S/c1-10(15(21)19-8-6-11(7-9-19)14(17)20)18-24(22,23)13-4-2-12(16)3-5-13/h2-5,10-11,18H,6-9H2,1H3,(H2,17,20)/t10-/m1/s1. The Bertz CT molecular complexity index is 713. The van der Waals surface area contributed by atoms with Gasteiger partial charge in [0.15, 0.2) is 0 Å². The molecule has 2 amide bonds. The molecule has 1 fully saturated rings. The summed E-state index contributed by atoms with van der Waals surface area (Å²) in [5, 5.41) is 0.426. The molecule has 1 heterocycles. The van der Waals surface area contributed by atoms with Crippen LogP contribution in [0.5, 0.6) is 0 Å². The minimum absolute atomic E-state index is 0.0407. The van der Waals surface area contributed by atoms with E-state index in [1.54, 1.807) is 4.90 Å². The largest absolute Gasteiger partial charge is 0.369 e. The lowest BCUT2D eigenvalue weighted by molar-refractivity contribution is -0.136. The smallest absolute Gasteiger partial charge is 0.241 e. The molecule has 1 saturated heterocycles. The number of nitrogens with one attached hydrogen (secondary N) is 1. The molecule has 24 heavy (non-hydrogen) atoms. The van der Waals surface area contributed by atoms with Crippen LogP contribution in [0.2, 0.25) is 5.02 Å². The molecule has 1 aliphatic rings. The third-order valence-corrected chi connectivity index (χ3v) is 5.84. The molecule has 132 valence electrons. The first-order valence-corrected chi connectivity index (χ1v) is 9.43. The number of rotatable bonds is 5. The van der Waals surface area contributed by atoms with Gasteiger partial charge in [0.05, 0.1) is 10.9 Å². The summed E-state index contributed by atoms with van der Waals surface area (Å²) >= 11 is 5.74. The molecular formula is C15H20ClN3O4S. The number of carbonyl (C=O) groups is 2. The van der Waals surface area contributed by atoms with Gasteiger partial charge in [-0.15, -0.1) is 0 Å². The first-order chi connectivity index (χ1) is 11.2. The fraction of sp³-hybridized carbons (Fsp3) is 0.467. The van der Waals surface area contributed by atoms with Crippen molar-refractivity contribution in [1.29, 1.82) is 0 Å². The summed E-state index contributed by atoms with van der Waals surface area (Å²) < 4.78 is 27.0. The second-order valence-electron chi connectivity index (χ2n) is 5.80. The number of primary amides is 1. The molecule has 1 atom stereocenters. The van der Waals surface area contributed by atoms with Crippen LogP contribution in [-0.4, -0.2) is 44.3 Å². The van der Waals surface area contributed by atoms with Crippen LogP contribution in [0.3, 0.4) is 0 Å². The van der Waals surface area contributed by atoms with Crippen molar-refractivity contribution in [3.63, 3.8) is 0 Å². The summed E-state index contributed by atoms with van der Waals surface area (Å²) in [5.41, 5.74) is 5.26. The highest BCUT2D eigenvalue weighted by Gasteiger charge is 2.30. The zero-order valence-electron chi connectivity index (χ0n) is 13.2. The molecule has 9 heteroatoms. The summed E-state index contributed by atoms with van der Waals surface area (Å²) in [7, 11) is -3.81. The van der Waals surface area contributed by atoms with Crippen LogP contribution in [0.4, 0.5) is 0 Å². The Kier molecular flexibility index (Phi) is 5.84. The lowest BCUT2D eigenvalue weighted by Crippen LogP contribution is -2.50. The first kappa shape index (κ1) is 18.7. The van der Waals surface area contributed by atoms with Crippen molar-refractivity contribution in [2.45, 2.75) is 30.7 Å². The number of amides is 2. The molecule has 0 bridgehead atoms. The van der Waals surface area contributed by atoms with E-state index in [1.807, 2.05) is 0 Å². The number of nitrogens with zero attached hydrogens (tertiary/aromatic N) is 1. The van der Waals surface area contributed by atoms with E-state index in [9.17, 15) is 18.0 Å². The maximum absolute atomic E-state index is 12.4. The highest BCUT2D eigenvalue weighted by molar-refractivity contribution is 7.89. The minimum atomic E-state index is -3.81. The Morgan fingerprint density at radius 1 is 1.25 bits per heavy atom. The lowest BCUT2D eigenvalue weighted by Gasteiger charge is -2.32. The van der Waals surface area contributed by atoms with Gasteiger partial charge in [-0.1, -0.05) is 11.6 Å². The van der Waals surface area contributed by atoms with Crippen LogP contribution in [0.15, 0.2) is 29.2 Å². The van der Waals surface area contributed by atoms with E-state index in [4.69, 9.17) is 17.3 Å². The van der Waals surface area contributed by atoms with Crippen molar-refractivity contribution >= 4 is 33.4 Å². The second kappa shape index (κ2) is 7.50. The third-order valence-electron chi connectivity index (χ3n) is 4.04. The van der Waals surface area contributed by atoms with Crippen molar-refractivity contribution in [3.05, 3.63) is 29.3 Å². The Balaban J connectivity index is 1.99. The number of carbonyl (C=O) groups excluding carboxylic acids is 2. The zero-order valence-corrected chi connectivity index (χ0v) is 14.8. The van der Waals surface area contributed by atoms with Crippen LogP contribution in [-0.2, 0) is 19.6 Å². The number of benzene rings is 1. The third kappa shape index (κ3) is 4.46. The van der Waals surface area contributed by atoms with E-state index in [0.29, 0.717) is 31.0 Å². The lowest BCUT2D eigenvalue weighted by atomic mass is 9.96. The number of likely N-dealkylation sites (tertiary alicyclic amines) is 1. The summed E-state index contributed by atoms with van der Waals surface area (Å²) in [6.45, 7) is 2.27. The Morgan fingerprint density at radius 3 is 2.29 bits per heavy atom. The summed E-state index contributed by atoms with van der Waals surface area (Å²) in [6, 6.07) is 4.78. The van der Waals surface area contributed by atoms with Crippen molar-refractivity contribution in [2.24, 2.45) is 11.7 Å². The molecular weight excluding hydrogens is 354 g/mol. The van der Waals surface area contributed by atoms with Gasteiger partial charge in [-0.3, -0.25) is 9.59 Å². The van der Waals surface area contributed by atoms with Crippen LogP contribution < -0.4 is 10.5 Å². The number of sulfonamides is 1. The highest BCUT2D eigenvalue weighted by Crippen LogP contribution is 2.18. The Morgan fingerprint density at radius 2 is 1.79 bits per heavy atom. The van der Waals surface area contributed by atoms with Gasteiger partial charge in [-0.2, -0.15) is 4.72 Å². The molecule has 0 saturated carbocycles. The monoisotopic (exact) mass is 373 g/mol. The van der Waals surface area contributed by atoms with Crippen molar-refractivity contribution in [1.82, 2.24) is 9.62 Å². The van der Waals surface area contributed by atoms with Gasteiger partial charge in [-0.25, -0.2) is 8.42 Å². The van der Waals surface area contributed by atoms with Gasteiger partial charge in [0.2, 0.25) is 21.8 Å². The van der Waals surface area contributed by atoms with E-state index >= 15 is 0 Å². The average Bonchev–Trinajstić information content (AvgIpc) is 2.54. The first-order valence-electron chi connectivity index (χ1n) is 7.56. The van der Waals surface area contributed by atoms with Gasteiger partial charge in [0.1, 0.15) is 0 Å². The topological polar surface area (TPSA) is 110 Å². The fourth-order valence-corrected chi connectivity index (χ4v) is 3.95. The number of piperidine rings is 1. The summed E-state index contributed by atoms with van der Waals surface area (Å²) in [6.07, 6.45) is 0.995. The predicted octanol–water partition coefficient (Wildman–Crippen LogP) is 0.731. The fourth-order valence-electron chi connectivity index (χ4n) is 2.62. The van der Waals surface area contributed by atoms with Crippen LogP contribution in [0, 0.1) is 5.92 Å². The summed E-state index contributed by atoms with van der Waals surface area (Å²) in [5.74, 6) is -0.913. The van der Waals surface area contributed by atoms with Crippen LogP contribution >= 0.6 is 11.6 Å². The van der Waals surface area contributed by atoms with E-state index in [-0.39, 0.29) is 22.6 Å². The molecule has 0 spiro atoms. The van der Waals surface area contributed by atoms with Crippen molar-refractivity contribution < 1.29 is 18.0 Å². The quantitative estimate of drug-likeness (QED) is 0.792. The van der Waals surface area contributed by atoms with Crippen molar-refractivity contribution in [2.75, 3.05) is 13.1 Å². The van der Waals surface area contributed by atoms with E-state index < -0.39 is 16.1 Å². The van der Waals surface area contributed by atoms with E-state index in [1.165, 1.54) is 31.2 Å². The average molecular weight is 374 g/mol. The molecule has 1 aromatic rings. The molecule has 3 N–H and O–H groups in total. The number of nitrogens with two attached hydrogens (primary N) is 1. The highest BCUT2D eigenvalue weighted by atomic mass is 35.5. The van der Waals surface area contributed by atoms with Crippen LogP contribution in [0.1, 0.15) is 19.8 Å². The molecule has 7 nitrogen and oxygen atoms in total. The maximum Gasteiger partial charge on any atom is 0.241 e. The van der Waals surface area contributed by atoms with Gasteiger partial charge >= 0.3 is 0 Å². The second-order valence-corrected chi connectivity index (χ2v) is 7.95. The maximum atomic E-state index is 12.4. The van der Waals surface area contributed by atoms with Gasteiger partial charge in [-0.05, 0) is 44.0 Å². The van der Waals surface area contributed by atoms with E-state index in [0.717, 1.165) is 0 Å². The molecule has 0 unspecified atom stereocenters. The van der Waals surface area contributed by atoms with Gasteiger partial charge in [0, 0.05) is 24.0 Å². The van der Waals surface area contributed by atoms with Crippen LogP contribution in [0.25, 0.3) is 0 Å². The summed E-state index contributed by atoms with van der Waals surface area (Å²) in [4.78, 5) is 25.1. The Labute approximate surface area is 146 Å². The predicted molar refractivity (Wildman–Crippen MR) is 89.7 cm³/mol. The molecule has 2 rings (SSSR count). The zero-order chi connectivity index (χ0) is 17.9. The van der Waals surface area contributed by atoms with Crippen molar-refractivity contribution in [3.8, 4) is 0 Å². The number of hydrogen-bond acceptors (Lipinski definition) is 4. The molecule has 0 aromatic heterocycles. The normalized spacial score (nSPS) is 17.5. The number of halogens is 1. The van der Waals surface area contributed by atoms with Gasteiger partial charge in [0.25, 0.3) is 0 Å². The SMILES string of the molecule is C[C@@H](NS(=O)(=O)c1ccc(Cl)cc1)C(=O)N1CCC(C(N)=O)CC1. The number of hydrogen-bond donors (Lipinski definition) is 2. The molecule has 0 aliphatic carbocycles.